The summed E-state index contributed by atoms with van der Waals surface area (Å²) >= 11 is 5.84. The van der Waals surface area contributed by atoms with Gasteiger partial charge in [0.25, 0.3) is 5.91 Å². The van der Waals surface area contributed by atoms with E-state index in [1.807, 2.05) is 6.92 Å². The van der Waals surface area contributed by atoms with Crippen LogP contribution in [-0.4, -0.2) is 31.1 Å². The Balaban J connectivity index is 1.84. The fourth-order valence-corrected chi connectivity index (χ4v) is 2.35. The summed E-state index contributed by atoms with van der Waals surface area (Å²) < 4.78 is 5.06. The van der Waals surface area contributed by atoms with Crippen molar-refractivity contribution in [3.05, 3.63) is 34.9 Å². The molecule has 0 unspecified atom stereocenters. The average molecular weight is 339 g/mol. The minimum atomic E-state index is -0.685. The summed E-state index contributed by atoms with van der Waals surface area (Å²) in [6.45, 7) is 1.89. The normalized spacial score (nSPS) is 14.7. The molecule has 0 atom stereocenters. The van der Waals surface area contributed by atoms with E-state index in [9.17, 15) is 14.4 Å². The summed E-state index contributed by atoms with van der Waals surface area (Å²) in [4.78, 5) is 35.1. The number of hydrogen-bond donors (Lipinski definition) is 2. The fourth-order valence-electron chi connectivity index (χ4n) is 2.22. The second-order valence-electron chi connectivity index (χ2n) is 5.47. The third-order valence-electron chi connectivity index (χ3n) is 3.66. The molecule has 0 saturated heterocycles. The van der Waals surface area contributed by atoms with Crippen LogP contribution < -0.4 is 10.6 Å². The highest BCUT2D eigenvalue weighted by Crippen LogP contribution is 2.49. The standard InChI is InChI=1S/C16H19ClN2O4/c1-2-9-18-15(22)19-13(20)10-23-14(21)16(7-8-16)11-3-5-12(17)6-4-11/h3-6H,2,7-10H2,1H3,(H2,18,19,20,22). The van der Waals surface area contributed by atoms with Crippen molar-refractivity contribution in [1.82, 2.24) is 10.6 Å². The molecule has 124 valence electrons. The van der Waals surface area contributed by atoms with E-state index in [2.05, 4.69) is 10.6 Å². The number of halogens is 1. The molecule has 0 aliphatic heterocycles. The van der Waals surface area contributed by atoms with Gasteiger partial charge in [-0.25, -0.2) is 4.79 Å². The number of amides is 3. The Morgan fingerprint density at radius 2 is 1.87 bits per heavy atom. The molecule has 3 amide bonds. The third kappa shape index (κ3) is 4.45. The summed E-state index contributed by atoms with van der Waals surface area (Å²) in [6, 6.07) is 6.42. The molecular weight excluding hydrogens is 320 g/mol. The molecule has 23 heavy (non-hydrogen) atoms. The lowest BCUT2D eigenvalue weighted by Crippen LogP contribution is -2.42. The zero-order chi connectivity index (χ0) is 16.9. The van der Waals surface area contributed by atoms with E-state index in [1.165, 1.54) is 0 Å². The van der Waals surface area contributed by atoms with Gasteiger partial charge < -0.3 is 10.1 Å². The molecule has 2 N–H and O–H groups in total. The van der Waals surface area contributed by atoms with Gasteiger partial charge in [-0.2, -0.15) is 0 Å². The predicted molar refractivity (Wildman–Crippen MR) is 85.2 cm³/mol. The van der Waals surface area contributed by atoms with Crippen molar-refractivity contribution in [3.63, 3.8) is 0 Å². The van der Waals surface area contributed by atoms with E-state index in [0.717, 1.165) is 12.0 Å². The zero-order valence-corrected chi connectivity index (χ0v) is 13.6. The van der Waals surface area contributed by atoms with E-state index in [1.54, 1.807) is 24.3 Å². The molecule has 0 radical (unpaired) electrons. The van der Waals surface area contributed by atoms with Crippen LogP contribution in [0.3, 0.4) is 0 Å². The van der Waals surface area contributed by atoms with Gasteiger partial charge in [-0.3, -0.25) is 14.9 Å². The van der Waals surface area contributed by atoms with Gasteiger partial charge in [0.2, 0.25) is 0 Å². The molecule has 0 spiro atoms. The topological polar surface area (TPSA) is 84.5 Å². The number of imide groups is 1. The molecule has 1 fully saturated rings. The maximum Gasteiger partial charge on any atom is 0.321 e. The third-order valence-corrected chi connectivity index (χ3v) is 3.91. The molecule has 0 bridgehead atoms. The average Bonchev–Trinajstić information content (AvgIpc) is 3.33. The van der Waals surface area contributed by atoms with Crippen molar-refractivity contribution in [2.45, 2.75) is 31.6 Å². The van der Waals surface area contributed by atoms with Gasteiger partial charge >= 0.3 is 12.0 Å². The van der Waals surface area contributed by atoms with E-state index in [-0.39, 0.29) is 0 Å². The van der Waals surface area contributed by atoms with Crippen LogP contribution in [0.1, 0.15) is 31.7 Å². The first-order valence-electron chi connectivity index (χ1n) is 7.49. The predicted octanol–water partition coefficient (Wildman–Crippen LogP) is 2.15. The van der Waals surface area contributed by atoms with Crippen LogP contribution in [0.2, 0.25) is 5.02 Å². The summed E-state index contributed by atoms with van der Waals surface area (Å²) in [7, 11) is 0. The molecule has 1 aromatic rings. The molecule has 1 aliphatic carbocycles. The second kappa shape index (κ2) is 7.46. The van der Waals surface area contributed by atoms with Gasteiger partial charge in [-0.05, 0) is 37.0 Å². The molecule has 1 aliphatic rings. The highest BCUT2D eigenvalue weighted by atomic mass is 35.5. The Bertz CT molecular complexity index is 597. The first kappa shape index (κ1) is 17.3. The Kier molecular flexibility index (Phi) is 5.60. The molecule has 0 aromatic heterocycles. The van der Waals surface area contributed by atoms with Crippen molar-refractivity contribution in [2.24, 2.45) is 0 Å². The number of carbonyl (C=O) groups is 3. The minimum absolute atomic E-state index is 0.455. The lowest BCUT2D eigenvalue weighted by molar-refractivity contribution is -0.150. The van der Waals surface area contributed by atoms with E-state index in [4.69, 9.17) is 16.3 Å². The van der Waals surface area contributed by atoms with Crippen molar-refractivity contribution < 1.29 is 19.1 Å². The van der Waals surface area contributed by atoms with Crippen LogP contribution in [0.15, 0.2) is 24.3 Å². The van der Waals surface area contributed by atoms with Crippen LogP contribution in [-0.2, 0) is 19.7 Å². The molecule has 7 heteroatoms. The van der Waals surface area contributed by atoms with Crippen LogP contribution in [0.25, 0.3) is 0 Å². The lowest BCUT2D eigenvalue weighted by atomic mass is 9.96. The van der Waals surface area contributed by atoms with Gasteiger partial charge in [0, 0.05) is 11.6 Å². The van der Waals surface area contributed by atoms with E-state index >= 15 is 0 Å². The number of urea groups is 1. The number of ether oxygens (including phenoxy) is 1. The van der Waals surface area contributed by atoms with Gasteiger partial charge in [0.15, 0.2) is 6.61 Å². The SMILES string of the molecule is CCCNC(=O)NC(=O)COC(=O)C1(c2ccc(Cl)cc2)CC1. The van der Waals surface area contributed by atoms with Crippen LogP contribution in [0.4, 0.5) is 4.79 Å². The summed E-state index contributed by atoms with van der Waals surface area (Å²) in [5, 5.41) is 5.20. The molecule has 1 saturated carbocycles. The number of rotatable bonds is 6. The number of hydrogen-bond acceptors (Lipinski definition) is 4. The van der Waals surface area contributed by atoms with Gasteiger partial charge in [-0.1, -0.05) is 30.7 Å². The highest BCUT2D eigenvalue weighted by Gasteiger charge is 2.52. The van der Waals surface area contributed by atoms with Gasteiger partial charge in [-0.15, -0.1) is 0 Å². The zero-order valence-electron chi connectivity index (χ0n) is 12.9. The van der Waals surface area contributed by atoms with Crippen LogP contribution in [0, 0.1) is 0 Å². The quantitative estimate of drug-likeness (QED) is 0.778. The molecule has 0 heterocycles. The highest BCUT2D eigenvalue weighted by molar-refractivity contribution is 6.30. The Hall–Kier alpha value is -2.08. The van der Waals surface area contributed by atoms with E-state index < -0.39 is 29.9 Å². The number of esters is 1. The van der Waals surface area contributed by atoms with Crippen molar-refractivity contribution >= 4 is 29.5 Å². The molecule has 6 nitrogen and oxygen atoms in total. The van der Waals surface area contributed by atoms with Gasteiger partial charge in [0.1, 0.15) is 0 Å². The monoisotopic (exact) mass is 338 g/mol. The molecule has 2 rings (SSSR count). The van der Waals surface area contributed by atoms with Crippen molar-refractivity contribution in [2.75, 3.05) is 13.2 Å². The minimum Gasteiger partial charge on any atom is -0.455 e. The van der Waals surface area contributed by atoms with E-state index in [0.29, 0.717) is 24.4 Å². The summed E-state index contributed by atoms with van der Waals surface area (Å²) in [5.41, 5.74) is 0.142. The first-order chi connectivity index (χ1) is 11.0. The van der Waals surface area contributed by atoms with Crippen LogP contribution >= 0.6 is 11.6 Å². The number of nitrogens with one attached hydrogen (secondary N) is 2. The fraction of sp³-hybridized carbons (Fsp3) is 0.438. The first-order valence-corrected chi connectivity index (χ1v) is 7.86. The smallest absolute Gasteiger partial charge is 0.321 e. The van der Waals surface area contributed by atoms with Crippen molar-refractivity contribution in [3.8, 4) is 0 Å². The summed E-state index contributed by atoms with van der Waals surface area (Å²) in [6.07, 6.45) is 2.11. The van der Waals surface area contributed by atoms with Crippen molar-refractivity contribution in [1.29, 1.82) is 0 Å². The number of benzene rings is 1. The molecular formula is C16H19ClN2O4. The Morgan fingerprint density at radius 1 is 1.22 bits per heavy atom. The number of carbonyl (C=O) groups excluding carboxylic acids is 3. The van der Waals surface area contributed by atoms with Crippen LogP contribution in [0.5, 0.6) is 0 Å². The summed E-state index contributed by atoms with van der Waals surface area (Å²) in [5.74, 6) is -1.11. The maximum atomic E-state index is 12.2. The maximum absolute atomic E-state index is 12.2. The Labute approximate surface area is 139 Å². The second-order valence-corrected chi connectivity index (χ2v) is 5.91. The Morgan fingerprint density at radius 3 is 2.43 bits per heavy atom. The largest absolute Gasteiger partial charge is 0.455 e. The lowest BCUT2D eigenvalue weighted by Gasteiger charge is -2.14. The van der Waals surface area contributed by atoms with Gasteiger partial charge in [0.05, 0.1) is 5.41 Å². The molecule has 1 aromatic carbocycles.